The smallest absolute Gasteiger partial charge is 0.252 e. The maximum Gasteiger partial charge on any atom is 0.252 e. The summed E-state index contributed by atoms with van der Waals surface area (Å²) < 4.78 is 1.66. The minimum atomic E-state index is 0.145. The Morgan fingerprint density at radius 1 is 1.37 bits per heavy atom. The van der Waals surface area contributed by atoms with E-state index in [4.69, 9.17) is 0 Å². The number of amides is 1. The van der Waals surface area contributed by atoms with Crippen molar-refractivity contribution in [2.75, 3.05) is 6.54 Å². The maximum atomic E-state index is 11.4. The molecule has 2 aromatic rings. The molecule has 1 N–H and O–H groups in total. The number of aryl methyl sites for hydroxylation is 1. The number of aromatic nitrogens is 4. The van der Waals surface area contributed by atoms with Crippen LogP contribution in [0.5, 0.6) is 0 Å². The van der Waals surface area contributed by atoms with Gasteiger partial charge in [0.25, 0.3) is 5.78 Å². The first kappa shape index (κ1) is 13.5. The number of hydrogen-bond acceptors (Lipinski definition) is 4. The van der Waals surface area contributed by atoms with Crippen molar-refractivity contribution in [3.8, 4) is 0 Å². The second-order valence-electron chi connectivity index (χ2n) is 4.52. The number of nitrogens with one attached hydrogen (secondary N) is 1. The zero-order chi connectivity index (χ0) is 13.5. The van der Waals surface area contributed by atoms with Gasteiger partial charge in [-0.05, 0) is 24.8 Å². The third-order valence-electron chi connectivity index (χ3n) is 2.91. The Labute approximate surface area is 112 Å². The van der Waals surface area contributed by atoms with Gasteiger partial charge in [0.2, 0.25) is 5.91 Å². The highest BCUT2D eigenvalue weighted by atomic mass is 16.1. The summed E-state index contributed by atoms with van der Waals surface area (Å²) >= 11 is 0. The van der Waals surface area contributed by atoms with E-state index in [1.165, 1.54) is 6.33 Å². The molecule has 0 atom stereocenters. The molecule has 19 heavy (non-hydrogen) atoms. The molecular formula is C13H19N5O. The van der Waals surface area contributed by atoms with Crippen molar-refractivity contribution < 1.29 is 4.79 Å². The van der Waals surface area contributed by atoms with Crippen LogP contribution in [0.1, 0.15) is 38.2 Å². The Balaban J connectivity index is 1.72. The second-order valence-corrected chi connectivity index (χ2v) is 4.52. The van der Waals surface area contributed by atoms with E-state index >= 15 is 0 Å². The van der Waals surface area contributed by atoms with Gasteiger partial charge >= 0.3 is 0 Å². The molecule has 2 heterocycles. The number of hydrogen-bond donors (Lipinski definition) is 1. The Morgan fingerprint density at radius 2 is 2.26 bits per heavy atom. The van der Waals surface area contributed by atoms with Crippen molar-refractivity contribution in [2.24, 2.45) is 0 Å². The lowest BCUT2D eigenvalue weighted by molar-refractivity contribution is -0.121. The largest absolute Gasteiger partial charge is 0.356 e. The summed E-state index contributed by atoms with van der Waals surface area (Å²) in [6.45, 7) is 2.79. The van der Waals surface area contributed by atoms with E-state index < -0.39 is 0 Å². The van der Waals surface area contributed by atoms with Crippen molar-refractivity contribution in [2.45, 2.75) is 39.0 Å². The number of fused-ring (bicyclic) bond motifs is 1. The Kier molecular flexibility index (Phi) is 4.83. The van der Waals surface area contributed by atoms with E-state index in [0.29, 0.717) is 18.7 Å². The van der Waals surface area contributed by atoms with Crippen LogP contribution in [0, 0.1) is 0 Å². The molecule has 1 amide bonds. The van der Waals surface area contributed by atoms with Gasteiger partial charge in [-0.3, -0.25) is 4.79 Å². The van der Waals surface area contributed by atoms with Crippen molar-refractivity contribution in [3.63, 3.8) is 0 Å². The van der Waals surface area contributed by atoms with Crippen LogP contribution in [-0.2, 0) is 11.2 Å². The average molecular weight is 261 g/mol. The number of nitrogens with zero attached hydrogens (tertiary/aromatic N) is 4. The lowest BCUT2D eigenvalue weighted by Gasteiger charge is -2.04. The number of unbranched alkanes of at least 4 members (excludes halogenated alkanes) is 1. The van der Waals surface area contributed by atoms with Crippen LogP contribution in [0.4, 0.5) is 0 Å². The Hall–Kier alpha value is -1.98. The summed E-state index contributed by atoms with van der Waals surface area (Å²) in [6.07, 6.45) is 9.63. The standard InChI is InChI=1S/C13H19N5O/c1-2-3-6-12(19)14-7-4-5-11-8-15-13-16-10-17-18(13)9-11/h8-10H,2-7H2,1H3,(H,14,19). The molecule has 0 bridgehead atoms. The topological polar surface area (TPSA) is 72.2 Å². The molecule has 0 aromatic carbocycles. The van der Waals surface area contributed by atoms with E-state index in [9.17, 15) is 4.79 Å². The van der Waals surface area contributed by atoms with Crippen LogP contribution >= 0.6 is 0 Å². The highest BCUT2D eigenvalue weighted by Gasteiger charge is 2.01. The predicted molar refractivity (Wildman–Crippen MR) is 71.6 cm³/mol. The first-order valence-corrected chi connectivity index (χ1v) is 6.70. The van der Waals surface area contributed by atoms with Gasteiger partial charge < -0.3 is 5.32 Å². The summed E-state index contributed by atoms with van der Waals surface area (Å²) in [6, 6.07) is 0. The molecule has 6 heteroatoms. The Bertz CT molecular complexity index is 537. The first-order valence-electron chi connectivity index (χ1n) is 6.70. The van der Waals surface area contributed by atoms with Gasteiger partial charge in [-0.1, -0.05) is 13.3 Å². The number of rotatable bonds is 7. The molecule has 0 unspecified atom stereocenters. The van der Waals surface area contributed by atoms with Crippen molar-refractivity contribution in [3.05, 3.63) is 24.3 Å². The van der Waals surface area contributed by atoms with E-state index in [1.807, 2.05) is 12.4 Å². The summed E-state index contributed by atoms with van der Waals surface area (Å²) in [4.78, 5) is 19.6. The molecule has 0 radical (unpaired) electrons. The van der Waals surface area contributed by atoms with E-state index in [2.05, 4.69) is 27.3 Å². The minimum Gasteiger partial charge on any atom is -0.356 e. The predicted octanol–water partition coefficient (Wildman–Crippen LogP) is 1.36. The molecule has 102 valence electrons. The lowest BCUT2D eigenvalue weighted by atomic mass is 10.2. The molecule has 2 rings (SSSR count). The molecule has 0 aliphatic rings. The molecule has 0 saturated heterocycles. The number of carbonyl (C=O) groups excluding carboxylic acids is 1. The van der Waals surface area contributed by atoms with Crippen LogP contribution in [0.2, 0.25) is 0 Å². The zero-order valence-corrected chi connectivity index (χ0v) is 11.2. The summed E-state index contributed by atoms with van der Waals surface area (Å²) in [5, 5.41) is 6.97. The van der Waals surface area contributed by atoms with Gasteiger partial charge in [0.15, 0.2) is 0 Å². The SMILES string of the molecule is CCCCC(=O)NCCCc1cnc2ncnn2c1. The van der Waals surface area contributed by atoms with Crippen LogP contribution < -0.4 is 5.32 Å². The van der Waals surface area contributed by atoms with Crippen LogP contribution in [-0.4, -0.2) is 32.0 Å². The highest BCUT2D eigenvalue weighted by Crippen LogP contribution is 2.02. The van der Waals surface area contributed by atoms with Gasteiger partial charge in [-0.25, -0.2) is 9.50 Å². The van der Waals surface area contributed by atoms with Gasteiger partial charge in [0.1, 0.15) is 6.33 Å². The molecule has 0 fully saturated rings. The van der Waals surface area contributed by atoms with Gasteiger partial charge in [-0.2, -0.15) is 10.1 Å². The second kappa shape index (κ2) is 6.82. The molecule has 2 aromatic heterocycles. The molecule has 0 spiro atoms. The number of carbonyl (C=O) groups is 1. The van der Waals surface area contributed by atoms with Crippen LogP contribution in [0.15, 0.2) is 18.7 Å². The fourth-order valence-electron chi connectivity index (χ4n) is 1.83. The fourth-order valence-corrected chi connectivity index (χ4v) is 1.83. The molecule has 6 nitrogen and oxygen atoms in total. The van der Waals surface area contributed by atoms with Crippen molar-refractivity contribution >= 4 is 11.7 Å². The minimum absolute atomic E-state index is 0.145. The fraction of sp³-hybridized carbons (Fsp3) is 0.538. The molecule has 0 aliphatic carbocycles. The molecule has 0 saturated carbocycles. The van der Waals surface area contributed by atoms with E-state index in [0.717, 1.165) is 31.2 Å². The van der Waals surface area contributed by atoms with Gasteiger partial charge in [0.05, 0.1) is 0 Å². The normalized spacial score (nSPS) is 10.8. The van der Waals surface area contributed by atoms with Gasteiger partial charge in [-0.15, -0.1) is 0 Å². The Morgan fingerprint density at radius 3 is 3.11 bits per heavy atom. The third-order valence-corrected chi connectivity index (χ3v) is 2.91. The van der Waals surface area contributed by atoms with Crippen molar-refractivity contribution in [1.82, 2.24) is 24.9 Å². The monoisotopic (exact) mass is 261 g/mol. The average Bonchev–Trinajstić information content (AvgIpc) is 2.88. The summed E-state index contributed by atoms with van der Waals surface area (Å²) in [5.74, 6) is 0.753. The lowest BCUT2D eigenvalue weighted by Crippen LogP contribution is -2.24. The summed E-state index contributed by atoms with van der Waals surface area (Å²) in [7, 11) is 0. The molecular weight excluding hydrogens is 242 g/mol. The maximum absolute atomic E-state index is 11.4. The quantitative estimate of drug-likeness (QED) is 0.764. The van der Waals surface area contributed by atoms with Crippen LogP contribution in [0.3, 0.4) is 0 Å². The van der Waals surface area contributed by atoms with Crippen LogP contribution in [0.25, 0.3) is 5.78 Å². The third kappa shape index (κ3) is 4.01. The zero-order valence-electron chi connectivity index (χ0n) is 11.2. The van der Waals surface area contributed by atoms with Gasteiger partial charge in [0, 0.05) is 25.4 Å². The molecule has 0 aliphatic heterocycles. The van der Waals surface area contributed by atoms with Crippen molar-refractivity contribution in [1.29, 1.82) is 0 Å². The first-order chi connectivity index (χ1) is 9.29. The van der Waals surface area contributed by atoms with E-state index in [1.54, 1.807) is 4.52 Å². The van der Waals surface area contributed by atoms with E-state index in [-0.39, 0.29) is 5.91 Å². The highest BCUT2D eigenvalue weighted by molar-refractivity contribution is 5.75. The summed E-state index contributed by atoms with van der Waals surface area (Å²) in [5.41, 5.74) is 1.10.